The Kier molecular flexibility index (Phi) is 6.31. The third kappa shape index (κ3) is 4.86. The van der Waals surface area contributed by atoms with Crippen LogP contribution in [0.15, 0.2) is 23.2 Å². The summed E-state index contributed by atoms with van der Waals surface area (Å²) in [6.45, 7) is 6.04. The van der Waals surface area contributed by atoms with Crippen molar-refractivity contribution in [3.8, 4) is 0 Å². The molecule has 2 heterocycles. The number of morpholine rings is 1. The van der Waals surface area contributed by atoms with Crippen LogP contribution in [0.4, 0.5) is 0 Å². The number of sulfone groups is 1. The van der Waals surface area contributed by atoms with Crippen LogP contribution < -0.4 is 4.80 Å². The Balaban J connectivity index is 1.77. The second-order valence-electron chi connectivity index (χ2n) is 6.63. The number of thiazole rings is 1. The van der Waals surface area contributed by atoms with Crippen molar-refractivity contribution in [2.24, 2.45) is 4.99 Å². The number of hydrogen-bond donors (Lipinski definition) is 0. The minimum atomic E-state index is -3.89. The second kappa shape index (κ2) is 8.54. The summed E-state index contributed by atoms with van der Waals surface area (Å²) >= 11 is 1.35. The van der Waals surface area contributed by atoms with Crippen molar-refractivity contribution >= 4 is 43.2 Å². The summed E-state index contributed by atoms with van der Waals surface area (Å²) in [6.07, 6.45) is 0. The summed E-state index contributed by atoms with van der Waals surface area (Å²) in [5, 5.41) is 0. The van der Waals surface area contributed by atoms with Gasteiger partial charge in [0.05, 0.1) is 23.4 Å². The van der Waals surface area contributed by atoms with Gasteiger partial charge in [-0.1, -0.05) is 17.4 Å². The van der Waals surface area contributed by atoms with Gasteiger partial charge in [0.1, 0.15) is 11.5 Å². The van der Waals surface area contributed by atoms with E-state index in [2.05, 4.69) is 4.99 Å². The SMILES string of the molecule is CCn1c(=NC(=O)CS(=O)(=O)CC(=O)N2CCOCC2)sc2cc(C)ccc21. The minimum absolute atomic E-state index is 0.365. The van der Waals surface area contributed by atoms with Gasteiger partial charge in [0.2, 0.25) is 5.91 Å². The minimum Gasteiger partial charge on any atom is -0.378 e. The van der Waals surface area contributed by atoms with Gasteiger partial charge in [-0.05, 0) is 31.5 Å². The largest absolute Gasteiger partial charge is 0.378 e. The lowest BCUT2D eigenvalue weighted by Gasteiger charge is -2.26. The number of carbonyl (C=O) groups is 2. The van der Waals surface area contributed by atoms with Crippen molar-refractivity contribution in [2.45, 2.75) is 20.4 Å². The Hall–Kier alpha value is -2.04. The highest BCUT2D eigenvalue weighted by Gasteiger charge is 2.25. The number of aromatic nitrogens is 1. The first kappa shape index (κ1) is 20.7. The van der Waals surface area contributed by atoms with Crippen LogP contribution in [-0.4, -0.2) is 67.5 Å². The van der Waals surface area contributed by atoms with Crippen molar-refractivity contribution in [2.75, 3.05) is 37.8 Å². The zero-order chi connectivity index (χ0) is 20.3. The monoisotopic (exact) mass is 425 g/mol. The molecule has 28 heavy (non-hydrogen) atoms. The highest BCUT2D eigenvalue weighted by Crippen LogP contribution is 2.18. The molecule has 0 atom stereocenters. The third-order valence-electron chi connectivity index (χ3n) is 4.43. The van der Waals surface area contributed by atoms with Gasteiger partial charge >= 0.3 is 0 Å². The van der Waals surface area contributed by atoms with E-state index >= 15 is 0 Å². The third-order valence-corrected chi connectivity index (χ3v) is 6.84. The Morgan fingerprint density at radius 1 is 1.21 bits per heavy atom. The van der Waals surface area contributed by atoms with Crippen molar-refractivity contribution in [3.05, 3.63) is 28.6 Å². The number of ether oxygens (including phenoxy) is 1. The molecule has 0 bridgehead atoms. The first-order valence-electron chi connectivity index (χ1n) is 9.02. The standard InChI is InChI=1S/C18H23N3O5S2/c1-3-21-14-5-4-13(2)10-15(14)27-18(21)19-16(22)11-28(24,25)12-17(23)20-6-8-26-9-7-20/h4-5,10H,3,6-9,11-12H2,1-2H3. The quantitative estimate of drug-likeness (QED) is 0.703. The molecule has 152 valence electrons. The lowest BCUT2D eigenvalue weighted by molar-refractivity contribution is -0.132. The molecule has 1 fully saturated rings. The van der Waals surface area contributed by atoms with E-state index < -0.39 is 33.2 Å². The average Bonchev–Trinajstić information content (AvgIpc) is 2.97. The number of amides is 2. The number of fused-ring (bicyclic) bond motifs is 1. The summed E-state index contributed by atoms with van der Waals surface area (Å²) in [4.78, 5) is 30.4. The van der Waals surface area contributed by atoms with E-state index in [1.54, 1.807) is 0 Å². The molecule has 10 heteroatoms. The van der Waals surface area contributed by atoms with E-state index in [4.69, 9.17) is 4.74 Å². The molecule has 0 radical (unpaired) electrons. The fourth-order valence-electron chi connectivity index (χ4n) is 3.04. The van der Waals surface area contributed by atoms with Gasteiger partial charge in [-0.3, -0.25) is 9.59 Å². The van der Waals surface area contributed by atoms with Gasteiger partial charge in [-0.15, -0.1) is 0 Å². The van der Waals surface area contributed by atoms with Gasteiger partial charge in [0.15, 0.2) is 14.6 Å². The Bertz CT molecular complexity index is 1060. The predicted molar refractivity (Wildman–Crippen MR) is 107 cm³/mol. The van der Waals surface area contributed by atoms with Gasteiger partial charge in [-0.25, -0.2) is 8.42 Å². The zero-order valence-corrected chi connectivity index (χ0v) is 17.5. The number of aryl methyl sites for hydroxylation is 2. The lowest BCUT2D eigenvalue weighted by atomic mass is 10.2. The molecule has 1 saturated heterocycles. The van der Waals surface area contributed by atoms with Crippen molar-refractivity contribution < 1.29 is 22.7 Å². The normalized spacial score (nSPS) is 15.9. The van der Waals surface area contributed by atoms with Gasteiger partial charge in [-0.2, -0.15) is 4.99 Å². The maximum atomic E-state index is 12.3. The summed E-state index contributed by atoms with van der Waals surface area (Å²) in [6, 6.07) is 5.95. The van der Waals surface area contributed by atoms with Crippen LogP contribution in [0.5, 0.6) is 0 Å². The van der Waals surface area contributed by atoms with E-state index in [-0.39, 0.29) is 0 Å². The predicted octanol–water partition coefficient (Wildman–Crippen LogP) is 0.732. The molecule has 1 aromatic carbocycles. The van der Waals surface area contributed by atoms with E-state index in [0.29, 0.717) is 37.6 Å². The van der Waals surface area contributed by atoms with E-state index in [0.717, 1.165) is 15.8 Å². The molecule has 1 aliphatic rings. The molecule has 0 spiro atoms. The summed E-state index contributed by atoms with van der Waals surface area (Å²) < 4.78 is 32.6. The number of benzene rings is 1. The molecular weight excluding hydrogens is 402 g/mol. The summed E-state index contributed by atoms with van der Waals surface area (Å²) in [5.41, 5.74) is 2.05. The van der Waals surface area contributed by atoms with Crippen molar-refractivity contribution in [1.29, 1.82) is 0 Å². The maximum absolute atomic E-state index is 12.3. The summed E-state index contributed by atoms with van der Waals surface area (Å²) in [7, 11) is -3.89. The number of rotatable bonds is 5. The molecule has 0 unspecified atom stereocenters. The van der Waals surface area contributed by atoms with Gasteiger partial charge in [0.25, 0.3) is 5.91 Å². The van der Waals surface area contributed by atoms with E-state index in [1.165, 1.54) is 16.2 Å². The van der Waals surface area contributed by atoms with Crippen LogP contribution in [0.3, 0.4) is 0 Å². The molecule has 3 rings (SSSR count). The van der Waals surface area contributed by atoms with Crippen molar-refractivity contribution in [3.63, 3.8) is 0 Å². The van der Waals surface area contributed by atoms with Crippen LogP contribution in [0.1, 0.15) is 12.5 Å². The smallest absolute Gasteiger partial charge is 0.263 e. The maximum Gasteiger partial charge on any atom is 0.263 e. The van der Waals surface area contributed by atoms with E-state index in [1.807, 2.05) is 36.6 Å². The Morgan fingerprint density at radius 3 is 2.61 bits per heavy atom. The average molecular weight is 426 g/mol. The Morgan fingerprint density at radius 2 is 1.93 bits per heavy atom. The zero-order valence-electron chi connectivity index (χ0n) is 15.9. The second-order valence-corrected chi connectivity index (χ2v) is 9.70. The van der Waals surface area contributed by atoms with Gasteiger partial charge in [0, 0.05) is 19.6 Å². The van der Waals surface area contributed by atoms with Crippen LogP contribution in [-0.2, 0) is 30.7 Å². The Labute approximate surface area is 167 Å². The topological polar surface area (TPSA) is 98.0 Å². The van der Waals surface area contributed by atoms with Gasteiger partial charge < -0.3 is 14.2 Å². The highest BCUT2D eigenvalue weighted by molar-refractivity contribution is 7.92. The highest BCUT2D eigenvalue weighted by atomic mass is 32.2. The lowest BCUT2D eigenvalue weighted by Crippen LogP contribution is -2.43. The molecule has 0 saturated carbocycles. The molecule has 1 aromatic heterocycles. The van der Waals surface area contributed by atoms with Crippen molar-refractivity contribution in [1.82, 2.24) is 9.47 Å². The van der Waals surface area contributed by atoms with Crippen LogP contribution >= 0.6 is 11.3 Å². The fourth-order valence-corrected chi connectivity index (χ4v) is 5.35. The number of carbonyl (C=O) groups excluding carboxylic acids is 2. The van der Waals surface area contributed by atoms with E-state index in [9.17, 15) is 18.0 Å². The number of hydrogen-bond acceptors (Lipinski definition) is 6. The molecule has 1 aliphatic heterocycles. The number of nitrogens with zero attached hydrogens (tertiary/aromatic N) is 3. The molecule has 0 aliphatic carbocycles. The van der Waals surface area contributed by atoms with Crippen LogP contribution in [0.25, 0.3) is 10.2 Å². The molecular formula is C18H23N3O5S2. The first-order valence-corrected chi connectivity index (χ1v) is 11.7. The van der Waals surface area contributed by atoms with Crippen LogP contribution in [0.2, 0.25) is 0 Å². The fraction of sp³-hybridized carbons (Fsp3) is 0.500. The van der Waals surface area contributed by atoms with Crippen LogP contribution in [0, 0.1) is 6.92 Å². The first-order chi connectivity index (χ1) is 13.3. The summed E-state index contributed by atoms with van der Waals surface area (Å²) in [5.74, 6) is -2.73. The molecule has 2 aromatic rings. The molecule has 8 nitrogen and oxygen atoms in total. The molecule has 2 amide bonds. The molecule has 0 N–H and O–H groups in total.